The molecule has 1 aliphatic rings. The SMILES string of the molecule is C[C@H]1N=C(c2ccccc2)c2ccccc2N(CC(=O)Nc2ccc(N(C)C)cc2)C1=O. The third-order valence-corrected chi connectivity index (χ3v) is 5.41. The highest BCUT2D eigenvalue weighted by Gasteiger charge is 2.30. The number of carbonyl (C=O) groups excluding carboxylic acids is 2. The zero-order valence-corrected chi connectivity index (χ0v) is 18.4. The first-order valence-electron chi connectivity index (χ1n) is 10.6. The molecule has 6 heteroatoms. The number of rotatable bonds is 5. The number of hydrogen-bond acceptors (Lipinski definition) is 4. The van der Waals surface area contributed by atoms with Crippen molar-refractivity contribution in [2.24, 2.45) is 4.99 Å². The molecule has 0 fully saturated rings. The topological polar surface area (TPSA) is 65.0 Å². The molecule has 32 heavy (non-hydrogen) atoms. The fourth-order valence-electron chi connectivity index (χ4n) is 3.75. The van der Waals surface area contributed by atoms with Crippen LogP contribution in [-0.2, 0) is 9.59 Å². The van der Waals surface area contributed by atoms with Gasteiger partial charge in [-0.25, -0.2) is 0 Å². The molecule has 0 spiro atoms. The van der Waals surface area contributed by atoms with Crippen LogP contribution in [0.15, 0.2) is 83.9 Å². The van der Waals surface area contributed by atoms with Crippen LogP contribution in [0, 0.1) is 0 Å². The first-order valence-corrected chi connectivity index (χ1v) is 10.6. The van der Waals surface area contributed by atoms with Gasteiger partial charge in [-0.1, -0.05) is 48.5 Å². The highest BCUT2D eigenvalue weighted by atomic mass is 16.2. The third-order valence-electron chi connectivity index (χ3n) is 5.41. The number of aliphatic imine (C=N–C) groups is 1. The molecule has 4 rings (SSSR count). The highest BCUT2D eigenvalue weighted by Crippen LogP contribution is 2.28. The molecule has 0 aliphatic carbocycles. The van der Waals surface area contributed by atoms with Gasteiger partial charge in [-0.2, -0.15) is 0 Å². The quantitative estimate of drug-likeness (QED) is 0.672. The lowest BCUT2D eigenvalue weighted by Gasteiger charge is -2.24. The van der Waals surface area contributed by atoms with E-state index in [0.717, 1.165) is 22.5 Å². The predicted octanol–water partition coefficient (Wildman–Crippen LogP) is 3.96. The van der Waals surface area contributed by atoms with E-state index in [9.17, 15) is 9.59 Å². The van der Waals surface area contributed by atoms with Crippen LogP contribution in [0.3, 0.4) is 0 Å². The van der Waals surface area contributed by atoms with E-state index in [2.05, 4.69) is 5.32 Å². The smallest absolute Gasteiger partial charge is 0.252 e. The van der Waals surface area contributed by atoms with E-state index in [0.29, 0.717) is 11.4 Å². The van der Waals surface area contributed by atoms with E-state index >= 15 is 0 Å². The number of benzodiazepines with no additional fused rings is 1. The summed E-state index contributed by atoms with van der Waals surface area (Å²) < 4.78 is 0. The summed E-state index contributed by atoms with van der Waals surface area (Å²) in [4.78, 5) is 34.3. The Hall–Kier alpha value is -3.93. The van der Waals surface area contributed by atoms with Crippen molar-refractivity contribution in [3.05, 3.63) is 90.0 Å². The van der Waals surface area contributed by atoms with E-state index in [1.165, 1.54) is 4.90 Å². The monoisotopic (exact) mass is 426 g/mol. The fraction of sp³-hybridized carbons (Fsp3) is 0.192. The second-order valence-electron chi connectivity index (χ2n) is 7.95. The molecule has 162 valence electrons. The van der Waals surface area contributed by atoms with Crippen molar-refractivity contribution in [1.82, 2.24) is 0 Å². The molecule has 3 aromatic carbocycles. The number of benzene rings is 3. The van der Waals surface area contributed by atoms with E-state index in [4.69, 9.17) is 4.99 Å². The third kappa shape index (κ3) is 4.39. The van der Waals surface area contributed by atoms with Crippen LogP contribution in [0.5, 0.6) is 0 Å². The van der Waals surface area contributed by atoms with Gasteiger partial charge in [0.2, 0.25) is 5.91 Å². The number of fused-ring (bicyclic) bond motifs is 1. The van der Waals surface area contributed by atoms with Gasteiger partial charge in [0, 0.05) is 36.6 Å². The Bertz CT molecular complexity index is 1150. The minimum Gasteiger partial charge on any atom is -0.378 e. The number of hydrogen-bond donors (Lipinski definition) is 1. The van der Waals surface area contributed by atoms with Gasteiger partial charge in [-0.15, -0.1) is 0 Å². The zero-order valence-electron chi connectivity index (χ0n) is 18.4. The Morgan fingerprint density at radius 1 is 0.969 bits per heavy atom. The van der Waals surface area contributed by atoms with Gasteiger partial charge in [0.25, 0.3) is 5.91 Å². The molecule has 0 aromatic heterocycles. The van der Waals surface area contributed by atoms with Gasteiger partial charge in [-0.05, 0) is 37.3 Å². The minimum absolute atomic E-state index is 0.0901. The molecule has 1 N–H and O–H groups in total. The summed E-state index contributed by atoms with van der Waals surface area (Å²) in [5.41, 5.74) is 4.93. The number of anilines is 3. The summed E-state index contributed by atoms with van der Waals surface area (Å²) in [5.74, 6) is -0.470. The predicted molar refractivity (Wildman–Crippen MR) is 130 cm³/mol. The molecule has 0 radical (unpaired) electrons. The lowest BCUT2D eigenvalue weighted by atomic mass is 10.0. The van der Waals surface area contributed by atoms with E-state index in [1.807, 2.05) is 97.9 Å². The van der Waals surface area contributed by atoms with Crippen molar-refractivity contribution in [1.29, 1.82) is 0 Å². The van der Waals surface area contributed by atoms with Crippen molar-refractivity contribution >= 4 is 34.6 Å². The summed E-state index contributed by atoms with van der Waals surface area (Å²) in [6.07, 6.45) is 0. The normalized spacial score (nSPS) is 15.5. The maximum Gasteiger partial charge on any atom is 0.252 e. The van der Waals surface area contributed by atoms with Crippen LogP contribution in [0.4, 0.5) is 17.1 Å². The molecule has 6 nitrogen and oxygen atoms in total. The average Bonchev–Trinajstić information content (AvgIpc) is 2.90. The first-order chi connectivity index (χ1) is 15.4. The molecule has 2 amide bonds. The van der Waals surface area contributed by atoms with Crippen LogP contribution >= 0.6 is 0 Å². The van der Waals surface area contributed by atoms with Crippen LogP contribution in [0.2, 0.25) is 0 Å². The van der Waals surface area contributed by atoms with E-state index < -0.39 is 6.04 Å². The minimum atomic E-state index is -0.607. The summed E-state index contributed by atoms with van der Waals surface area (Å²) in [7, 11) is 3.92. The number of nitrogens with one attached hydrogen (secondary N) is 1. The maximum atomic E-state index is 13.2. The van der Waals surface area contributed by atoms with E-state index in [1.54, 1.807) is 6.92 Å². The van der Waals surface area contributed by atoms with Crippen molar-refractivity contribution in [3.8, 4) is 0 Å². The van der Waals surface area contributed by atoms with Gasteiger partial charge >= 0.3 is 0 Å². The number of amides is 2. The molecule has 0 saturated carbocycles. The maximum absolute atomic E-state index is 13.2. The summed E-state index contributed by atoms with van der Waals surface area (Å²) >= 11 is 0. The Labute approximate surface area is 188 Å². The van der Waals surface area contributed by atoms with Crippen molar-refractivity contribution in [3.63, 3.8) is 0 Å². The Balaban J connectivity index is 1.62. The second kappa shape index (κ2) is 9.06. The lowest BCUT2D eigenvalue weighted by molar-refractivity contribution is -0.122. The highest BCUT2D eigenvalue weighted by molar-refractivity contribution is 6.20. The molecule has 0 unspecified atom stereocenters. The average molecular weight is 427 g/mol. The fourth-order valence-corrected chi connectivity index (χ4v) is 3.75. The molecule has 3 aromatic rings. The molecular weight excluding hydrogens is 400 g/mol. The molecule has 1 heterocycles. The van der Waals surface area contributed by atoms with Gasteiger partial charge in [0.1, 0.15) is 12.6 Å². The molecule has 1 aliphatic heterocycles. The van der Waals surface area contributed by atoms with Crippen molar-refractivity contribution in [2.45, 2.75) is 13.0 Å². The largest absolute Gasteiger partial charge is 0.378 e. The standard InChI is InChI=1S/C26H26N4O2/c1-18-26(32)30(17-24(31)28-20-13-15-21(16-14-20)29(2)3)23-12-8-7-11-22(23)25(27-18)19-9-5-4-6-10-19/h4-16,18H,17H2,1-3H3,(H,28,31)/t18-/m1/s1. The molecule has 1 atom stereocenters. The Morgan fingerprint density at radius 2 is 1.62 bits per heavy atom. The van der Waals surface area contributed by atoms with Gasteiger partial charge in [0.15, 0.2) is 0 Å². The zero-order chi connectivity index (χ0) is 22.7. The number of nitrogens with zero attached hydrogens (tertiary/aromatic N) is 3. The van der Waals surface area contributed by atoms with Gasteiger partial charge < -0.3 is 15.1 Å². The molecular formula is C26H26N4O2. The van der Waals surface area contributed by atoms with Gasteiger partial charge in [0.05, 0.1) is 11.4 Å². The lowest BCUT2D eigenvalue weighted by Crippen LogP contribution is -2.42. The molecule has 0 saturated heterocycles. The number of carbonyl (C=O) groups is 2. The number of para-hydroxylation sites is 1. The Morgan fingerprint density at radius 3 is 2.31 bits per heavy atom. The molecule has 0 bridgehead atoms. The van der Waals surface area contributed by atoms with E-state index in [-0.39, 0.29) is 18.4 Å². The first kappa shape index (κ1) is 21.3. The summed E-state index contributed by atoms with van der Waals surface area (Å²) in [5, 5.41) is 2.90. The summed E-state index contributed by atoms with van der Waals surface area (Å²) in [6.45, 7) is 1.68. The van der Waals surface area contributed by atoms with Crippen LogP contribution in [0.25, 0.3) is 0 Å². The van der Waals surface area contributed by atoms with Gasteiger partial charge in [-0.3, -0.25) is 14.6 Å². The summed E-state index contributed by atoms with van der Waals surface area (Å²) in [6, 6.07) is 24.4. The van der Waals surface area contributed by atoms with Crippen LogP contribution in [0.1, 0.15) is 18.1 Å². The van der Waals surface area contributed by atoms with Crippen molar-refractivity contribution in [2.75, 3.05) is 35.8 Å². The second-order valence-corrected chi connectivity index (χ2v) is 7.95. The van der Waals surface area contributed by atoms with Crippen LogP contribution < -0.4 is 15.1 Å². The van der Waals surface area contributed by atoms with Crippen LogP contribution in [-0.4, -0.2) is 44.2 Å². The van der Waals surface area contributed by atoms with Crippen molar-refractivity contribution < 1.29 is 9.59 Å². The Kier molecular flexibility index (Phi) is 6.03.